The molecule has 6 heteroatoms. The van der Waals surface area contributed by atoms with Crippen molar-refractivity contribution in [3.8, 4) is 0 Å². The molecule has 84 valence electrons. The summed E-state index contributed by atoms with van der Waals surface area (Å²) in [5.74, 6) is -2.96. The van der Waals surface area contributed by atoms with Crippen LogP contribution < -0.4 is 11.5 Å². The van der Waals surface area contributed by atoms with Crippen LogP contribution in [0.15, 0.2) is 24.3 Å². The van der Waals surface area contributed by atoms with Gasteiger partial charge < -0.3 is 11.3 Å². The van der Waals surface area contributed by atoms with E-state index in [1.165, 1.54) is 18.2 Å². The Kier molecular flexibility index (Phi) is 4.17. The van der Waals surface area contributed by atoms with Gasteiger partial charge in [-0.1, -0.05) is 12.1 Å². The predicted octanol–water partition coefficient (Wildman–Crippen LogP) is 3.05. The van der Waals surface area contributed by atoms with Crippen molar-refractivity contribution in [3.63, 3.8) is 0 Å². The van der Waals surface area contributed by atoms with Gasteiger partial charge in [0, 0.05) is 18.2 Å². The third-order valence-electron chi connectivity index (χ3n) is 1.62. The van der Waals surface area contributed by atoms with Crippen LogP contribution >= 0.6 is 0 Å². The van der Waals surface area contributed by atoms with Crippen molar-refractivity contribution in [1.82, 2.24) is 6.15 Å². The van der Waals surface area contributed by atoms with Gasteiger partial charge in [0.2, 0.25) is 0 Å². The van der Waals surface area contributed by atoms with Gasteiger partial charge in [-0.2, -0.15) is 0 Å². The van der Waals surface area contributed by atoms with Gasteiger partial charge in [-0.05, 0) is 12.1 Å². The Balaban J connectivity index is 0.00000196. The van der Waals surface area contributed by atoms with Crippen molar-refractivity contribution < 1.29 is 18.7 Å². The summed E-state index contributed by atoms with van der Waals surface area (Å²) in [6.07, 6.45) is -1.28. The quantitative estimate of drug-likeness (QED) is 0.713. The molecule has 0 unspecified atom stereocenters. The topological polar surface area (TPSA) is 84.3 Å². The maximum Gasteiger partial charge on any atom is 0.409 e. The molecule has 0 spiro atoms. The highest BCUT2D eigenvalue weighted by Crippen LogP contribution is 2.28. The highest BCUT2D eigenvalue weighted by Gasteiger charge is 2.24. The van der Waals surface area contributed by atoms with Crippen LogP contribution in [0.3, 0.4) is 0 Å². The number of hydrogen-bond acceptors (Lipinski definition) is 2. The third-order valence-corrected chi connectivity index (χ3v) is 1.62. The van der Waals surface area contributed by atoms with Crippen LogP contribution in [0.1, 0.15) is 12.5 Å². The van der Waals surface area contributed by atoms with Crippen molar-refractivity contribution in [2.45, 2.75) is 12.8 Å². The number of alkyl halides is 2. The molecule has 0 saturated carbocycles. The monoisotopic (exact) mass is 218 g/mol. The minimum Gasteiger partial charge on any atom is -0.465 e. The Morgan fingerprint density at radius 3 is 2.53 bits per heavy atom. The van der Waals surface area contributed by atoms with Gasteiger partial charge in [0.25, 0.3) is 5.92 Å². The lowest BCUT2D eigenvalue weighted by molar-refractivity contribution is 0.0175. The Labute approximate surface area is 85.5 Å². The molecule has 0 heterocycles. The zero-order chi connectivity index (χ0) is 10.8. The Hall–Kier alpha value is -1.69. The Morgan fingerprint density at radius 1 is 1.47 bits per heavy atom. The molecule has 15 heavy (non-hydrogen) atoms. The van der Waals surface area contributed by atoms with E-state index in [2.05, 4.69) is 0 Å². The Bertz CT molecular complexity index is 350. The number of hydrogen-bond donors (Lipinski definition) is 3. The van der Waals surface area contributed by atoms with E-state index in [9.17, 15) is 13.6 Å². The number of amides is 1. The molecule has 0 aliphatic rings. The second kappa shape index (κ2) is 4.70. The lowest BCUT2D eigenvalue weighted by atomic mass is 10.1. The summed E-state index contributed by atoms with van der Waals surface area (Å²) in [6.45, 7) is 0.757. The second-order valence-electron chi connectivity index (χ2n) is 2.90. The summed E-state index contributed by atoms with van der Waals surface area (Å²) in [7, 11) is 0. The molecule has 1 aromatic rings. The minimum atomic E-state index is -2.96. The smallest absolute Gasteiger partial charge is 0.409 e. The van der Waals surface area contributed by atoms with Gasteiger partial charge in [-0.3, -0.25) is 5.32 Å². The first-order chi connectivity index (χ1) is 6.39. The first-order valence-electron chi connectivity index (χ1n) is 3.88. The molecule has 0 bridgehead atoms. The molecule has 4 nitrogen and oxygen atoms in total. The van der Waals surface area contributed by atoms with Crippen LogP contribution in [0, 0.1) is 0 Å². The molecule has 0 aliphatic heterocycles. The summed E-state index contributed by atoms with van der Waals surface area (Å²) >= 11 is 0. The van der Waals surface area contributed by atoms with Crippen LogP contribution in [0.5, 0.6) is 0 Å². The maximum absolute atomic E-state index is 12.8. The van der Waals surface area contributed by atoms with Crippen LogP contribution in [0.4, 0.5) is 19.3 Å². The van der Waals surface area contributed by atoms with Crippen molar-refractivity contribution in [2.24, 2.45) is 0 Å². The van der Waals surface area contributed by atoms with E-state index >= 15 is 0 Å². The maximum atomic E-state index is 12.8. The van der Waals surface area contributed by atoms with Gasteiger partial charge in [0.15, 0.2) is 0 Å². The largest absolute Gasteiger partial charge is 0.465 e. The molecule has 0 atom stereocenters. The lowest BCUT2D eigenvalue weighted by Gasteiger charge is -2.11. The molecule has 1 rings (SSSR count). The number of nitrogens with one attached hydrogen (secondary N) is 1. The zero-order valence-corrected chi connectivity index (χ0v) is 8.13. The van der Waals surface area contributed by atoms with Gasteiger partial charge in [-0.25, -0.2) is 13.6 Å². The van der Waals surface area contributed by atoms with Crippen LogP contribution in [-0.4, -0.2) is 11.2 Å². The summed E-state index contributed by atoms with van der Waals surface area (Å²) in [4.78, 5) is 10.2. The number of carboxylic acid groups (broad SMARTS) is 1. The average Bonchev–Trinajstić information content (AvgIpc) is 2.01. The Morgan fingerprint density at radius 2 is 2.07 bits per heavy atom. The summed E-state index contributed by atoms with van der Waals surface area (Å²) in [6, 6.07) is 5.13. The van der Waals surface area contributed by atoms with Gasteiger partial charge >= 0.3 is 6.09 Å². The second-order valence-corrected chi connectivity index (χ2v) is 2.90. The van der Waals surface area contributed by atoms with Gasteiger partial charge in [0.05, 0.1) is 0 Å². The number of benzene rings is 1. The van der Waals surface area contributed by atoms with Crippen LogP contribution in [-0.2, 0) is 5.92 Å². The van der Waals surface area contributed by atoms with E-state index < -0.39 is 12.0 Å². The van der Waals surface area contributed by atoms with Crippen LogP contribution in [0.25, 0.3) is 0 Å². The molecule has 0 radical (unpaired) electrons. The minimum absolute atomic E-state index is 0. The summed E-state index contributed by atoms with van der Waals surface area (Å²) in [5, 5.41) is 10.4. The van der Waals surface area contributed by atoms with Crippen LogP contribution in [0.2, 0.25) is 0 Å². The highest BCUT2D eigenvalue weighted by atomic mass is 19.3. The van der Waals surface area contributed by atoms with E-state index in [1.54, 1.807) is 0 Å². The summed E-state index contributed by atoms with van der Waals surface area (Å²) < 4.78 is 25.6. The fourth-order valence-corrected chi connectivity index (χ4v) is 0.993. The van der Waals surface area contributed by atoms with Gasteiger partial charge in [-0.15, -0.1) is 0 Å². The van der Waals surface area contributed by atoms with Crippen molar-refractivity contribution in [1.29, 1.82) is 0 Å². The van der Waals surface area contributed by atoms with Crippen molar-refractivity contribution in [3.05, 3.63) is 29.8 Å². The average molecular weight is 218 g/mol. The van der Waals surface area contributed by atoms with E-state index in [0.29, 0.717) is 0 Å². The normalized spacial score (nSPS) is 10.3. The first kappa shape index (κ1) is 13.3. The molecule has 0 aliphatic carbocycles. The molecular weight excluding hydrogens is 206 g/mol. The number of rotatable bonds is 2. The predicted molar refractivity (Wildman–Crippen MR) is 52.7 cm³/mol. The van der Waals surface area contributed by atoms with E-state index in [0.717, 1.165) is 13.0 Å². The molecule has 5 N–H and O–H groups in total. The van der Waals surface area contributed by atoms with Crippen molar-refractivity contribution >= 4 is 11.8 Å². The molecule has 0 aromatic heterocycles. The third kappa shape index (κ3) is 3.90. The standard InChI is InChI=1S/C9H9F2NO2.H3N/c1-9(10,11)6-3-2-4-7(5-6)12-8(13)14;/h2-5,12H,1H3,(H,13,14);1H3. The molecule has 1 amide bonds. The molecule has 1 aromatic carbocycles. The highest BCUT2D eigenvalue weighted by molar-refractivity contribution is 5.82. The van der Waals surface area contributed by atoms with E-state index in [4.69, 9.17) is 5.11 Å². The van der Waals surface area contributed by atoms with Gasteiger partial charge in [0.1, 0.15) is 0 Å². The molecule has 0 saturated heterocycles. The SMILES string of the molecule is CC(F)(F)c1cccc(NC(=O)O)c1.N. The zero-order valence-electron chi connectivity index (χ0n) is 8.13. The summed E-state index contributed by atoms with van der Waals surface area (Å²) in [5.41, 5.74) is -0.0831. The van der Waals surface area contributed by atoms with E-state index in [-0.39, 0.29) is 17.4 Å². The lowest BCUT2D eigenvalue weighted by Crippen LogP contribution is -2.10. The molecule has 0 fully saturated rings. The molecular formula is C9H12F2N2O2. The fraction of sp³-hybridized carbons (Fsp3) is 0.222. The first-order valence-corrected chi connectivity index (χ1v) is 3.88. The van der Waals surface area contributed by atoms with E-state index in [1.807, 2.05) is 5.32 Å². The van der Waals surface area contributed by atoms with Crippen molar-refractivity contribution in [2.75, 3.05) is 5.32 Å². The fourth-order valence-electron chi connectivity index (χ4n) is 0.993. The number of carbonyl (C=O) groups is 1. The number of anilines is 1. The number of halogens is 2.